The summed E-state index contributed by atoms with van der Waals surface area (Å²) in [5, 5.41) is 3.21. The third-order valence-electron chi connectivity index (χ3n) is 3.96. The molecule has 0 aliphatic heterocycles. The number of hydrogen-bond acceptors (Lipinski definition) is 4. The molecule has 5 nitrogen and oxygen atoms in total. The highest BCUT2D eigenvalue weighted by molar-refractivity contribution is 7.99. The number of nitrogens with zero attached hydrogens (tertiary/aromatic N) is 1. The largest absolute Gasteiger partial charge is 0.354 e. The van der Waals surface area contributed by atoms with E-state index in [1.165, 1.54) is 37.8 Å². The van der Waals surface area contributed by atoms with Crippen molar-refractivity contribution in [3.8, 4) is 0 Å². The predicted molar refractivity (Wildman–Crippen MR) is 101 cm³/mol. The minimum atomic E-state index is -3.70. The molecule has 0 aromatic heterocycles. The Kier molecular flexibility index (Phi) is 7.39. The van der Waals surface area contributed by atoms with Crippen molar-refractivity contribution in [3.63, 3.8) is 0 Å². The second kappa shape index (κ2) is 9.09. The fourth-order valence-corrected chi connectivity index (χ4v) is 4.94. The third-order valence-corrected chi connectivity index (χ3v) is 6.77. The molecule has 1 aromatic carbocycles. The van der Waals surface area contributed by atoms with E-state index in [0.29, 0.717) is 11.8 Å². The zero-order valence-electron chi connectivity index (χ0n) is 14.0. The van der Waals surface area contributed by atoms with Gasteiger partial charge in [-0.25, -0.2) is 12.8 Å². The van der Waals surface area contributed by atoms with Crippen molar-refractivity contribution in [2.75, 3.05) is 29.4 Å². The van der Waals surface area contributed by atoms with Gasteiger partial charge in [-0.15, -0.1) is 0 Å². The first-order chi connectivity index (χ1) is 11.8. The number of thioether (sulfide) groups is 1. The highest BCUT2D eigenvalue weighted by Gasteiger charge is 2.22. The van der Waals surface area contributed by atoms with E-state index in [0.717, 1.165) is 22.4 Å². The summed E-state index contributed by atoms with van der Waals surface area (Å²) in [7, 11) is -3.70. The minimum absolute atomic E-state index is 0.157. The summed E-state index contributed by atoms with van der Waals surface area (Å²) in [6.45, 7) is 0.122. The van der Waals surface area contributed by atoms with Crippen LogP contribution >= 0.6 is 23.4 Å². The molecule has 1 fully saturated rings. The average molecular weight is 409 g/mol. The first-order valence-electron chi connectivity index (χ1n) is 8.08. The van der Waals surface area contributed by atoms with Crippen LogP contribution in [0.25, 0.3) is 0 Å². The lowest BCUT2D eigenvalue weighted by Gasteiger charge is -2.22. The van der Waals surface area contributed by atoms with Crippen LogP contribution in [0.15, 0.2) is 18.2 Å². The van der Waals surface area contributed by atoms with E-state index in [1.54, 1.807) is 0 Å². The first kappa shape index (κ1) is 20.3. The molecule has 1 aliphatic carbocycles. The summed E-state index contributed by atoms with van der Waals surface area (Å²) in [4.78, 5) is 12.1. The molecule has 1 saturated carbocycles. The fourth-order valence-electron chi connectivity index (χ4n) is 2.70. The normalized spacial score (nSPS) is 15.3. The Bertz CT molecular complexity index is 709. The van der Waals surface area contributed by atoms with Gasteiger partial charge in [-0.2, -0.15) is 11.8 Å². The molecular formula is C16H22ClFN2O3S2. The van der Waals surface area contributed by atoms with Gasteiger partial charge in [0.25, 0.3) is 0 Å². The lowest BCUT2D eigenvalue weighted by atomic mass is 10.3. The second-order valence-corrected chi connectivity index (χ2v) is 9.72. The van der Waals surface area contributed by atoms with Gasteiger partial charge in [-0.3, -0.25) is 9.10 Å². The molecule has 9 heteroatoms. The first-order valence-corrected chi connectivity index (χ1v) is 11.4. The highest BCUT2D eigenvalue weighted by Crippen LogP contribution is 2.29. The van der Waals surface area contributed by atoms with Gasteiger partial charge in [0, 0.05) is 17.5 Å². The minimum Gasteiger partial charge on any atom is -0.354 e. The van der Waals surface area contributed by atoms with Gasteiger partial charge in [0.2, 0.25) is 15.9 Å². The Hall–Kier alpha value is -0.990. The molecule has 1 aromatic rings. The lowest BCUT2D eigenvalue weighted by molar-refractivity contribution is -0.119. The maximum Gasteiger partial charge on any atom is 0.240 e. The Morgan fingerprint density at radius 2 is 2.08 bits per heavy atom. The number of rotatable bonds is 8. The Labute approximate surface area is 157 Å². The van der Waals surface area contributed by atoms with Crippen LogP contribution in [0.2, 0.25) is 5.02 Å². The van der Waals surface area contributed by atoms with E-state index in [2.05, 4.69) is 5.32 Å². The summed E-state index contributed by atoms with van der Waals surface area (Å²) >= 11 is 7.55. The van der Waals surface area contributed by atoms with Crippen molar-refractivity contribution in [1.29, 1.82) is 0 Å². The number of carbonyl (C=O) groups excluding carboxylic acids is 1. The Balaban J connectivity index is 1.90. The van der Waals surface area contributed by atoms with Crippen molar-refractivity contribution in [3.05, 3.63) is 29.0 Å². The van der Waals surface area contributed by atoms with E-state index in [9.17, 15) is 17.6 Å². The topological polar surface area (TPSA) is 66.5 Å². The molecule has 0 spiro atoms. The van der Waals surface area contributed by atoms with Crippen molar-refractivity contribution in [1.82, 2.24) is 5.32 Å². The summed E-state index contributed by atoms with van der Waals surface area (Å²) in [6, 6.07) is 3.55. The molecular weight excluding hydrogens is 387 g/mol. The maximum absolute atomic E-state index is 13.3. The van der Waals surface area contributed by atoms with Crippen LogP contribution in [0.1, 0.15) is 25.7 Å². The smallest absolute Gasteiger partial charge is 0.240 e. The number of nitrogens with one attached hydrogen (secondary N) is 1. The number of halogens is 2. The quantitative estimate of drug-likeness (QED) is 0.671. The van der Waals surface area contributed by atoms with Gasteiger partial charge >= 0.3 is 0 Å². The van der Waals surface area contributed by atoms with Crippen LogP contribution in [-0.2, 0) is 14.8 Å². The molecule has 25 heavy (non-hydrogen) atoms. The van der Waals surface area contributed by atoms with Crippen molar-refractivity contribution in [2.24, 2.45) is 0 Å². The van der Waals surface area contributed by atoms with E-state index in [1.807, 2.05) is 11.8 Å². The van der Waals surface area contributed by atoms with Crippen molar-refractivity contribution >= 4 is 45.0 Å². The molecule has 0 heterocycles. The van der Waals surface area contributed by atoms with Crippen LogP contribution in [0.4, 0.5) is 10.1 Å². The average Bonchev–Trinajstić information content (AvgIpc) is 3.04. The van der Waals surface area contributed by atoms with E-state index in [-0.39, 0.29) is 17.3 Å². The van der Waals surface area contributed by atoms with Crippen molar-refractivity contribution in [2.45, 2.75) is 30.9 Å². The lowest BCUT2D eigenvalue weighted by Crippen LogP contribution is -2.41. The van der Waals surface area contributed by atoms with Gasteiger partial charge in [0.1, 0.15) is 12.4 Å². The highest BCUT2D eigenvalue weighted by atomic mass is 35.5. The van der Waals surface area contributed by atoms with Gasteiger partial charge in [0.15, 0.2) is 0 Å². The number of benzene rings is 1. The molecule has 1 amide bonds. The number of hydrogen-bond donors (Lipinski definition) is 1. The van der Waals surface area contributed by atoms with Crippen LogP contribution in [0.5, 0.6) is 0 Å². The van der Waals surface area contributed by atoms with Crippen LogP contribution in [-0.4, -0.2) is 44.7 Å². The van der Waals surface area contributed by atoms with E-state index < -0.39 is 21.7 Å². The summed E-state index contributed by atoms with van der Waals surface area (Å²) in [5.74, 6) is -0.248. The Morgan fingerprint density at radius 3 is 2.68 bits per heavy atom. The summed E-state index contributed by atoms with van der Waals surface area (Å²) < 4.78 is 38.1. The van der Waals surface area contributed by atoms with E-state index in [4.69, 9.17) is 11.6 Å². The maximum atomic E-state index is 13.3. The van der Waals surface area contributed by atoms with Gasteiger partial charge in [-0.05, 0) is 31.0 Å². The number of amides is 1. The molecule has 1 N–H and O–H groups in total. The summed E-state index contributed by atoms with van der Waals surface area (Å²) in [6.07, 6.45) is 5.99. The fraction of sp³-hybridized carbons (Fsp3) is 0.562. The number of anilines is 1. The summed E-state index contributed by atoms with van der Waals surface area (Å²) in [5.41, 5.74) is 0.157. The molecule has 0 unspecified atom stereocenters. The predicted octanol–water partition coefficient (Wildman–Crippen LogP) is 3.04. The van der Waals surface area contributed by atoms with Crippen molar-refractivity contribution < 1.29 is 17.6 Å². The SMILES string of the molecule is CS(=O)(=O)N(CC(=O)NCCSC1CCCC1)c1ccc(F)c(Cl)c1. The standard InChI is InChI=1S/C16H22ClFN2O3S2/c1-25(22,23)20(12-6-7-15(18)14(17)10-12)11-16(21)19-8-9-24-13-4-2-3-5-13/h6-7,10,13H,2-5,8-9,11H2,1H3,(H,19,21). The van der Waals surface area contributed by atoms with Crippen LogP contribution < -0.4 is 9.62 Å². The van der Waals surface area contributed by atoms with Crippen LogP contribution in [0, 0.1) is 5.82 Å². The zero-order valence-corrected chi connectivity index (χ0v) is 16.4. The Morgan fingerprint density at radius 1 is 1.40 bits per heavy atom. The molecule has 2 rings (SSSR count). The second-order valence-electron chi connectivity index (χ2n) is 6.00. The third kappa shape index (κ3) is 6.34. The molecule has 0 radical (unpaired) electrons. The molecule has 0 atom stereocenters. The monoisotopic (exact) mass is 408 g/mol. The molecule has 140 valence electrons. The zero-order chi connectivity index (χ0) is 18.4. The number of sulfonamides is 1. The molecule has 0 saturated heterocycles. The van der Waals surface area contributed by atoms with Gasteiger partial charge < -0.3 is 5.32 Å². The number of carbonyl (C=O) groups is 1. The van der Waals surface area contributed by atoms with Gasteiger partial charge in [-0.1, -0.05) is 24.4 Å². The van der Waals surface area contributed by atoms with E-state index >= 15 is 0 Å². The molecule has 1 aliphatic rings. The van der Waals surface area contributed by atoms with Gasteiger partial charge in [0.05, 0.1) is 17.0 Å². The van der Waals surface area contributed by atoms with Crippen LogP contribution in [0.3, 0.4) is 0 Å². The molecule has 0 bridgehead atoms.